The molecule has 0 spiro atoms. The summed E-state index contributed by atoms with van der Waals surface area (Å²) >= 11 is 6.87. The molecule has 0 aliphatic carbocycles. The minimum absolute atomic E-state index is 0.168. The molecule has 0 aliphatic heterocycles. The summed E-state index contributed by atoms with van der Waals surface area (Å²) in [7, 11) is -3.62. The standard InChI is InChI=1S/C10H10ClN3O2S2/c1-6-4-9(17-10(6)11)18(15,16)14-7-2-3-8(12)13-5-7/h2-5,14H,1H3,(H2,12,13). The van der Waals surface area contributed by atoms with Crippen molar-refractivity contribution in [3.05, 3.63) is 34.3 Å². The van der Waals surface area contributed by atoms with Crippen LogP contribution in [0.25, 0.3) is 0 Å². The monoisotopic (exact) mass is 303 g/mol. The van der Waals surface area contributed by atoms with E-state index in [9.17, 15) is 8.42 Å². The van der Waals surface area contributed by atoms with E-state index >= 15 is 0 Å². The Morgan fingerprint density at radius 1 is 1.44 bits per heavy atom. The summed E-state index contributed by atoms with van der Waals surface area (Å²) in [5, 5.41) is 0. The molecule has 0 unspecified atom stereocenters. The van der Waals surface area contributed by atoms with Crippen LogP contribution in [0.3, 0.4) is 0 Å². The van der Waals surface area contributed by atoms with Crippen LogP contribution in [-0.4, -0.2) is 13.4 Å². The topological polar surface area (TPSA) is 85.1 Å². The Balaban J connectivity index is 2.29. The maximum atomic E-state index is 12.0. The fraction of sp³-hybridized carbons (Fsp3) is 0.100. The van der Waals surface area contributed by atoms with Crippen molar-refractivity contribution < 1.29 is 8.42 Å². The van der Waals surface area contributed by atoms with Gasteiger partial charge in [-0.1, -0.05) is 11.6 Å². The number of nitrogen functional groups attached to an aromatic ring is 1. The molecule has 5 nitrogen and oxygen atoms in total. The van der Waals surface area contributed by atoms with Crippen molar-refractivity contribution in [1.82, 2.24) is 4.98 Å². The second kappa shape index (κ2) is 4.75. The summed E-state index contributed by atoms with van der Waals surface area (Å²) in [5.41, 5.74) is 6.51. The highest BCUT2D eigenvalue weighted by Gasteiger charge is 2.18. The second-order valence-electron chi connectivity index (χ2n) is 3.60. The first-order valence-corrected chi connectivity index (χ1v) is 7.56. The van der Waals surface area contributed by atoms with Crippen LogP contribution in [0.15, 0.2) is 28.6 Å². The Hall–Kier alpha value is -1.31. The largest absolute Gasteiger partial charge is 0.384 e. The number of aromatic nitrogens is 1. The van der Waals surface area contributed by atoms with E-state index in [1.165, 1.54) is 18.3 Å². The van der Waals surface area contributed by atoms with Crippen LogP contribution in [-0.2, 0) is 10.0 Å². The molecule has 2 rings (SSSR count). The van der Waals surface area contributed by atoms with Gasteiger partial charge in [0.25, 0.3) is 10.0 Å². The summed E-state index contributed by atoms with van der Waals surface area (Å²) in [6.07, 6.45) is 1.36. The molecule has 0 aromatic carbocycles. The zero-order chi connectivity index (χ0) is 13.3. The number of nitrogens with one attached hydrogen (secondary N) is 1. The molecule has 0 fully saturated rings. The van der Waals surface area contributed by atoms with Crippen molar-refractivity contribution in [2.24, 2.45) is 0 Å². The molecular weight excluding hydrogens is 294 g/mol. The number of nitrogens with two attached hydrogens (primary N) is 1. The second-order valence-corrected chi connectivity index (χ2v) is 7.16. The zero-order valence-corrected chi connectivity index (χ0v) is 11.7. The van der Waals surface area contributed by atoms with E-state index < -0.39 is 10.0 Å². The Morgan fingerprint density at radius 2 is 2.17 bits per heavy atom. The number of thiophene rings is 1. The number of rotatable bonds is 3. The molecule has 0 saturated carbocycles. The van der Waals surface area contributed by atoms with Crippen LogP contribution in [0.1, 0.15) is 5.56 Å². The maximum absolute atomic E-state index is 12.0. The third-order valence-electron chi connectivity index (χ3n) is 2.14. The molecule has 0 atom stereocenters. The van der Waals surface area contributed by atoms with E-state index in [-0.39, 0.29) is 4.21 Å². The number of aryl methyl sites for hydroxylation is 1. The lowest BCUT2D eigenvalue weighted by Crippen LogP contribution is -2.11. The molecule has 2 aromatic heterocycles. The van der Waals surface area contributed by atoms with Gasteiger partial charge in [0, 0.05) is 0 Å². The van der Waals surface area contributed by atoms with Crippen molar-refractivity contribution in [1.29, 1.82) is 0 Å². The predicted molar refractivity (Wildman–Crippen MR) is 73.5 cm³/mol. The summed E-state index contributed by atoms with van der Waals surface area (Å²) in [5.74, 6) is 0.327. The van der Waals surface area contributed by atoms with Gasteiger partial charge in [0.15, 0.2) is 0 Å². The SMILES string of the molecule is Cc1cc(S(=O)(=O)Nc2ccc(N)nc2)sc1Cl. The van der Waals surface area contributed by atoms with Gasteiger partial charge in [0.2, 0.25) is 0 Å². The number of hydrogen-bond donors (Lipinski definition) is 2. The van der Waals surface area contributed by atoms with Crippen molar-refractivity contribution in [2.45, 2.75) is 11.1 Å². The number of hydrogen-bond acceptors (Lipinski definition) is 5. The fourth-order valence-corrected chi connectivity index (χ4v) is 3.99. The van der Waals surface area contributed by atoms with Crippen molar-refractivity contribution in [3.8, 4) is 0 Å². The number of sulfonamides is 1. The minimum atomic E-state index is -3.62. The van der Waals surface area contributed by atoms with Gasteiger partial charge >= 0.3 is 0 Å². The van der Waals surface area contributed by atoms with Crippen LogP contribution < -0.4 is 10.5 Å². The fourth-order valence-electron chi connectivity index (χ4n) is 1.24. The first kappa shape index (κ1) is 13.1. The first-order valence-electron chi connectivity index (χ1n) is 4.89. The van der Waals surface area contributed by atoms with Gasteiger partial charge in [-0.2, -0.15) is 0 Å². The summed E-state index contributed by atoms with van der Waals surface area (Å²) in [6, 6.07) is 4.59. The van der Waals surface area contributed by atoms with Gasteiger partial charge in [-0.15, -0.1) is 11.3 Å². The number of anilines is 2. The van der Waals surface area contributed by atoms with E-state index in [2.05, 4.69) is 9.71 Å². The Bertz CT molecular complexity index is 645. The van der Waals surface area contributed by atoms with Gasteiger partial charge in [0.1, 0.15) is 10.0 Å². The van der Waals surface area contributed by atoms with Crippen LogP contribution in [0, 0.1) is 6.92 Å². The molecule has 8 heteroatoms. The van der Waals surface area contributed by atoms with Crippen molar-refractivity contribution in [2.75, 3.05) is 10.5 Å². The maximum Gasteiger partial charge on any atom is 0.271 e. The number of halogens is 1. The Labute approximate surface area is 114 Å². The third kappa shape index (κ3) is 2.74. The Kier molecular flexibility index (Phi) is 3.47. The highest BCUT2D eigenvalue weighted by Crippen LogP contribution is 2.31. The first-order chi connectivity index (χ1) is 8.38. The minimum Gasteiger partial charge on any atom is -0.384 e. The van der Waals surface area contributed by atoms with E-state index in [0.29, 0.717) is 15.8 Å². The van der Waals surface area contributed by atoms with E-state index in [1.54, 1.807) is 13.0 Å². The van der Waals surface area contributed by atoms with Crippen LogP contribution in [0.5, 0.6) is 0 Å². The lowest BCUT2D eigenvalue weighted by Gasteiger charge is -2.05. The van der Waals surface area contributed by atoms with E-state index in [4.69, 9.17) is 17.3 Å². The van der Waals surface area contributed by atoms with Crippen LogP contribution >= 0.6 is 22.9 Å². The highest BCUT2D eigenvalue weighted by atomic mass is 35.5. The molecule has 3 N–H and O–H groups in total. The molecular formula is C10H10ClN3O2S2. The lowest BCUT2D eigenvalue weighted by atomic mass is 10.4. The van der Waals surface area contributed by atoms with E-state index in [1.807, 2.05) is 0 Å². The van der Waals surface area contributed by atoms with Crippen LogP contribution in [0.4, 0.5) is 11.5 Å². The van der Waals surface area contributed by atoms with Gasteiger partial charge in [-0.05, 0) is 30.7 Å². The normalized spacial score (nSPS) is 11.4. The summed E-state index contributed by atoms with van der Waals surface area (Å²) in [4.78, 5) is 3.81. The average Bonchev–Trinajstić information content (AvgIpc) is 2.63. The number of nitrogens with zero attached hydrogens (tertiary/aromatic N) is 1. The molecule has 0 aliphatic rings. The Morgan fingerprint density at radius 3 is 2.67 bits per heavy atom. The molecule has 2 heterocycles. The van der Waals surface area contributed by atoms with Gasteiger partial charge in [-0.25, -0.2) is 13.4 Å². The summed E-state index contributed by atoms with van der Waals surface area (Å²) < 4.78 is 27.1. The van der Waals surface area contributed by atoms with Crippen LogP contribution in [0.2, 0.25) is 4.34 Å². The molecule has 18 heavy (non-hydrogen) atoms. The molecule has 0 saturated heterocycles. The average molecular weight is 304 g/mol. The predicted octanol–water partition coefficient (Wildman–Crippen LogP) is 2.49. The molecule has 0 amide bonds. The smallest absolute Gasteiger partial charge is 0.271 e. The molecule has 96 valence electrons. The molecule has 0 bridgehead atoms. The van der Waals surface area contributed by atoms with Gasteiger partial charge < -0.3 is 5.73 Å². The quantitative estimate of drug-likeness (QED) is 0.912. The lowest BCUT2D eigenvalue weighted by molar-refractivity contribution is 0.603. The van der Waals surface area contributed by atoms with E-state index in [0.717, 1.165) is 16.9 Å². The van der Waals surface area contributed by atoms with Gasteiger partial charge in [-0.3, -0.25) is 4.72 Å². The van der Waals surface area contributed by atoms with Crippen molar-refractivity contribution >= 4 is 44.5 Å². The number of pyridine rings is 1. The van der Waals surface area contributed by atoms with Crippen molar-refractivity contribution in [3.63, 3.8) is 0 Å². The van der Waals surface area contributed by atoms with Gasteiger partial charge in [0.05, 0.1) is 16.2 Å². The molecule has 0 radical (unpaired) electrons. The third-order valence-corrected chi connectivity index (χ3v) is 5.55. The molecule has 2 aromatic rings. The summed E-state index contributed by atoms with van der Waals surface area (Å²) in [6.45, 7) is 1.75. The zero-order valence-electron chi connectivity index (χ0n) is 9.34. The highest BCUT2D eigenvalue weighted by molar-refractivity contribution is 7.94.